The van der Waals surface area contributed by atoms with Crippen LogP contribution in [0.4, 0.5) is 5.82 Å². The molecule has 2 rings (SSSR count). The van der Waals surface area contributed by atoms with E-state index in [9.17, 15) is 0 Å². The van der Waals surface area contributed by atoms with Crippen LogP contribution in [-0.4, -0.2) is 23.5 Å². The summed E-state index contributed by atoms with van der Waals surface area (Å²) in [6, 6.07) is 4.60. The molecule has 0 radical (unpaired) electrons. The Balaban J connectivity index is 2.21. The van der Waals surface area contributed by atoms with E-state index < -0.39 is 0 Å². The van der Waals surface area contributed by atoms with Gasteiger partial charge in [0, 0.05) is 24.7 Å². The average Bonchev–Trinajstić information content (AvgIpc) is 2.99. The molecule has 1 saturated carbocycles. The number of anilines is 1. The maximum atomic E-state index is 5.79. The Morgan fingerprint density at radius 1 is 1.57 bits per heavy atom. The molecule has 4 heteroatoms. The van der Waals surface area contributed by atoms with Crippen LogP contribution in [0.3, 0.4) is 0 Å². The first-order valence-corrected chi connectivity index (χ1v) is 6.09. The Kier molecular flexibility index (Phi) is 3.29. The van der Waals surface area contributed by atoms with Crippen LogP contribution in [-0.2, 0) is 0 Å². The van der Waals surface area contributed by atoms with Gasteiger partial charge in [-0.25, -0.2) is 4.98 Å². The highest BCUT2D eigenvalue weighted by atomic mass is 79.9. The summed E-state index contributed by atoms with van der Waals surface area (Å²) >= 11 is 9.30. The Morgan fingerprint density at radius 2 is 2.36 bits per heavy atom. The van der Waals surface area contributed by atoms with Gasteiger partial charge in [-0.2, -0.15) is 0 Å². The van der Waals surface area contributed by atoms with E-state index in [1.54, 1.807) is 0 Å². The molecular weight excluding hydrogens is 263 g/mol. The van der Waals surface area contributed by atoms with Crippen molar-refractivity contribution in [3.05, 3.63) is 22.8 Å². The predicted octanol–water partition coefficient (Wildman–Crippen LogP) is 3.05. The highest BCUT2D eigenvalue weighted by molar-refractivity contribution is 9.10. The smallest absolute Gasteiger partial charge is 0.143 e. The number of alkyl halides is 1. The second-order valence-corrected chi connectivity index (χ2v) is 4.65. The first-order chi connectivity index (χ1) is 6.83. The third-order valence-electron chi connectivity index (χ3n) is 2.32. The molecule has 1 aliphatic rings. The monoisotopic (exact) mass is 274 g/mol. The van der Waals surface area contributed by atoms with E-state index in [1.165, 1.54) is 12.8 Å². The Hall–Kier alpha value is -0.280. The van der Waals surface area contributed by atoms with Crippen LogP contribution < -0.4 is 4.90 Å². The Morgan fingerprint density at radius 3 is 2.93 bits per heavy atom. The van der Waals surface area contributed by atoms with Crippen molar-refractivity contribution >= 4 is 33.3 Å². The summed E-state index contributed by atoms with van der Waals surface area (Å²) in [7, 11) is 0. The van der Waals surface area contributed by atoms with Crippen molar-refractivity contribution in [2.45, 2.75) is 18.9 Å². The predicted molar refractivity (Wildman–Crippen MR) is 63.0 cm³/mol. The highest BCUT2D eigenvalue weighted by Crippen LogP contribution is 2.33. The molecule has 0 aliphatic heterocycles. The first-order valence-electron chi connectivity index (χ1n) is 4.76. The summed E-state index contributed by atoms with van der Waals surface area (Å²) in [6.45, 7) is 0.877. The zero-order valence-electron chi connectivity index (χ0n) is 7.79. The number of hydrogen-bond acceptors (Lipinski definition) is 2. The molecular formula is C10H12BrClN2. The van der Waals surface area contributed by atoms with Gasteiger partial charge in [0.2, 0.25) is 0 Å². The van der Waals surface area contributed by atoms with Crippen LogP contribution in [0.1, 0.15) is 12.8 Å². The van der Waals surface area contributed by atoms with Crippen LogP contribution in [0.15, 0.2) is 22.8 Å². The summed E-state index contributed by atoms with van der Waals surface area (Å²) in [5.74, 6) is 1.68. The third-order valence-corrected chi connectivity index (χ3v) is 3.11. The maximum Gasteiger partial charge on any atom is 0.143 e. The fraction of sp³-hybridized carbons (Fsp3) is 0.500. The van der Waals surface area contributed by atoms with E-state index >= 15 is 0 Å². The maximum absolute atomic E-state index is 5.79. The van der Waals surface area contributed by atoms with E-state index in [4.69, 9.17) is 11.6 Å². The van der Waals surface area contributed by atoms with Gasteiger partial charge in [0.25, 0.3) is 0 Å². The van der Waals surface area contributed by atoms with E-state index in [1.807, 2.05) is 18.3 Å². The molecule has 1 fully saturated rings. The highest BCUT2D eigenvalue weighted by Gasteiger charge is 2.30. The molecule has 0 N–H and O–H groups in total. The molecule has 1 heterocycles. The quantitative estimate of drug-likeness (QED) is 0.785. The van der Waals surface area contributed by atoms with Crippen LogP contribution in [0.5, 0.6) is 0 Å². The molecule has 0 unspecified atom stereocenters. The van der Waals surface area contributed by atoms with Crippen molar-refractivity contribution in [3.63, 3.8) is 0 Å². The van der Waals surface area contributed by atoms with Gasteiger partial charge in [-0.3, -0.25) is 0 Å². The molecule has 1 aliphatic carbocycles. The molecule has 0 aromatic carbocycles. The Bertz CT molecular complexity index is 315. The van der Waals surface area contributed by atoms with Gasteiger partial charge in [0.1, 0.15) is 5.82 Å². The first kappa shape index (κ1) is 10.2. The van der Waals surface area contributed by atoms with Crippen LogP contribution in [0.25, 0.3) is 0 Å². The van der Waals surface area contributed by atoms with Crippen LogP contribution >= 0.6 is 27.5 Å². The number of rotatable bonds is 4. The standard InChI is InChI=1S/C10H12BrClN2/c11-9-2-1-6-13-10(9)14(7-5-12)8-3-4-8/h1-2,6,8H,3-5,7H2. The molecule has 0 spiro atoms. The lowest BCUT2D eigenvalue weighted by atomic mass is 10.4. The normalized spacial score (nSPS) is 15.6. The molecule has 1 aromatic rings. The van der Waals surface area contributed by atoms with Gasteiger partial charge in [0.15, 0.2) is 0 Å². The van der Waals surface area contributed by atoms with Gasteiger partial charge in [-0.15, -0.1) is 11.6 Å². The second-order valence-electron chi connectivity index (χ2n) is 3.42. The van der Waals surface area contributed by atoms with E-state index in [2.05, 4.69) is 25.8 Å². The minimum atomic E-state index is 0.652. The van der Waals surface area contributed by atoms with Crippen molar-refractivity contribution < 1.29 is 0 Å². The lowest BCUT2D eigenvalue weighted by Crippen LogP contribution is -2.28. The van der Waals surface area contributed by atoms with E-state index in [0.29, 0.717) is 11.9 Å². The zero-order chi connectivity index (χ0) is 9.97. The number of aromatic nitrogens is 1. The van der Waals surface area contributed by atoms with Crippen molar-refractivity contribution in [1.82, 2.24) is 4.98 Å². The molecule has 0 bridgehead atoms. The molecule has 0 atom stereocenters. The van der Waals surface area contributed by atoms with E-state index in [0.717, 1.165) is 16.8 Å². The van der Waals surface area contributed by atoms with Gasteiger partial charge >= 0.3 is 0 Å². The molecule has 14 heavy (non-hydrogen) atoms. The molecule has 76 valence electrons. The van der Waals surface area contributed by atoms with Crippen LogP contribution in [0, 0.1) is 0 Å². The van der Waals surface area contributed by atoms with E-state index in [-0.39, 0.29) is 0 Å². The molecule has 1 aromatic heterocycles. The SMILES string of the molecule is ClCCN(c1ncccc1Br)C1CC1. The van der Waals surface area contributed by atoms with Crippen molar-refractivity contribution in [3.8, 4) is 0 Å². The van der Waals surface area contributed by atoms with Gasteiger partial charge < -0.3 is 4.90 Å². The summed E-state index contributed by atoms with van der Waals surface area (Å²) in [4.78, 5) is 6.67. The summed E-state index contributed by atoms with van der Waals surface area (Å²) < 4.78 is 1.05. The average molecular weight is 276 g/mol. The minimum absolute atomic E-state index is 0.652. The molecule has 0 amide bonds. The fourth-order valence-corrected chi connectivity index (χ4v) is 2.19. The number of pyridine rings is 1. The minimum Gasteiger partial charge on any atom is -0.352 e. The van der Waals surface area contributed by atoms with Crippen LogP contribution in [0.2, 0.25) is 0 Å². The number of halogens is 2. The van der Waals surface area contributed by atoms with Crippen molar-refractivity contribution in [2.24, 2.45) is 0 Å². The largest absolute Gasteiger partial charge is 0.352 e. The summed E-state index contributed by atoms with van der Waals surface area (Å²) in [5, 5.41) is 0. The number of hydrogen-bond donors (Lipinski definition) is 0. The molecule has 0 saturated heterocycles. The summed E-state index contributed by atoms with van der Waals surface area (Å²) in [5.41, 5.74) is 0. The van der Waals surface area contributed by atoms with Gasteiger partial charge in [0.05, 0.1) is 4.47 Å². The lowest BCUT2D eigenvalue weighted by molar-refractivity contribution is 0.809. The van der Waals surface area contributed by atoms with Gasteiger partial charge in [-0.05, 0) is 40.9 Å². The number of nitrogens with zero attached hydrogens (tertiary/aromatic N) is 2. The van der Waals surface area contributed by atoms with Crippen molar-refractivity contribution in [2.75, 3.05) is 17.3 Å². The second kappa shape index (κ2) is 4.49. The fourth-order valence-electron chi connectivity index (χ4n) is 1.53. The Labute approximate surface area is 97.4 Å². The molecule has 2 nitrogen and oxygen atoms in total. The topological polar surface area (TPSA) is 16.1 Å². The summed E-state index contributed by atoms with van der Waals surface area (Å²) in [6.07, 6.45) is 4.35. The zero-order valence-corrected chi connectivity index (χ0v) is 10.1. The van der Waals surface area contributed by atoms with Gasteiger partial charge in [-0.1, -0.05) is 0 Å². The lowest BCUT2D eigenvalue weighted by Gasteiger charge is -2.23. The van der Waals surface area contributed by atoms with Crippen molar-refractivity contribution in [1.29, 1.82) is 0 Å². The third kappa shape index (κ3) is 2.20.